The molecule has 120 valence electrons. The molecule has 0 radical (unpaired) electrons. The van der Waals surface area contributed by atoms with E-state index >= 15 is 0 Å². The van der Waals surface area contributed by atoms with Crippen LogP contribution in [-0.4, -0.2) is 53.0 Å². The molecule has 0 bridgehead atoms. The molecule has 2 rings (SSSR count). The van der Waals surface area contributed by atoms with Crippen molar-refractivity contribution in [3.63, 3.8) is 0 Å². The van der Waals surface area contributed by atoms with E-state index in [1.165, 1.54) is 0 Å². The van der Waals surface area contributed by atoms with Gasteiger partial charge in [-0.15, -0.1) is 0 Å². The van der Waals surface area contributed by atoms with E-state index in [0.717, 1.165) is 12.8 Å². The number of carbonyl (C=O) groups excluding carboxylic acids is 1. The van der Waals surface area contributed by atoms with Gasteiger partial charge in [0.05, 0.1) is 25.2 Å². The van der Waals surface area contributed by atoms with Crippen molar-refractivity contribution in [2.75, 3.05) is 19.7 Å². The van der Waals surface area contributed by atoms with Crippen LogP contribution in [0.5, 0.6) is 0 Å². The number of amides is 1. The third kappa shape index (κ3) is 4.33. The lowest BCUT2D eigenvalue weighted by atomic mass is 9.86. The Morgan fingerprint density at radius 1 is 1.43 bits per heavy atom. The standard InChI is InChI=1S/C15H25NO5/c1-14(2,3)21-13(19)16-6-4-5-15(10-16)8-11(9-20-15)7-12(17)18/h11H,4-10H2,1-3H3,(H,17,18)/t11-,15+/m1/s1. The van der Waals surface area contributed by atoms with Gasteiger partial charge in [0, 0.05) is 6.54 Å². The molecule has 1 spiro atoms. The molecule has 0 aromatic rings. The Morgan fingerprint density at radius 3 is 2.76 bits per heavy atom. The van der Waals surface area contributed by atoms with Crippen LogP contribution in [0.2, 0.25) is 0 Å². The number of hydrogen-bond donors (Lipinski definition) is 1. The molecule has 2 heterocycles. The van der Waals surface area contributed by atoms with Gasteiger partial charge in [-0.1, -0.05) is 0 Å². The summed E-state index contributed by atoms with van der Waals surface area (Å²) in [6, 6.07) is 0. The summed E-state index contributed by atoms with van der Waals surface area (Å²) >= 11 is 0. The van der Waals surface area contributed by atoms with E-state index in [1.54, 1.807) is 4.90 Å². The summed E-state index contributed by atoms with van der Waals surface area (Å²) in [5.41, 5.74) is -0.890. The topological polar surface area (TPSA) is 76.1 Å². The minimum absolute atomic E-state index is 0.0427. The zero-order valence-electron chi connectivity index (χ0n) is 13.1. The van der Waals surface area contributed by atoms with E-state index in [2.05, 4.69) is 0 Å². The second-order valence-electron chi connectivity index (χ2n) is 7.17. The van der Waals surface area contributed by atoms with Gasteiger partial charge in [0.25, 0.3) is 0 Å². The molecular formula is C15H25NO5. The first-order valence-corrected chi connectivity index (χ1v) is 7.53. The molecule has 2 fully saturated rings. The van der Waals surface area contributed by atoms with Gasteiger partial charge < -0.3 is 19.5 Å². The highest BCUT2D eigenvalue weighted by molar-refractivity contribution is 5.68. The average Bonchev–Trinajstić information content (AvgIpc) is 2.69. The van der Waals surface area contributed by atoms with Gasteiger partial charge in [-0.25, -0.2) is 4.79 Å². The van der Waals surface area contributed by atoms with Crippen LogP contribution in [0.1, 0.15) is 46.5 Å². The molecule has 21 heavy (non-hydrogen) atoms. The van der Waals surface area contributed by atoms with Crippen molar-refractivity contribution in [2.24, 2.45) is 5.92 Å². The molecule has 1 amide bonds. The van der Waals surface area contributed by atoms with E-state index in [1.807, 2.05) is 20.8 Å². The Kier molecular flexibility index (Phi) is 4.46. The second-order valence-corrected chi connectivity index (χ2v) is 7.17. The first-order valence-electron chi connectivity index (χ1n) is 7.53. The van der Waals surface area contributed by atoms with Crippen molar-refractivity contribution in [3.05, 3.63) is 0 Å². The monoisotopic (exact) mass is 299 g/mol. The number of ether oxygens (including phenoxy) is 2. The predicted octanol–water partition coefficient (Wildman–Crippen LogP) is 2.27. The minimum Gasteiger partial charge on any atom is -0.481 e. The number of hydrogen-bond acceptors (Lipinski definition) is 4. The fourth-order valence-corrected chi connectivity index (χ4v) is 3.18. The molecule has 0 saturated carbocycles. The van der Waals surface area contributed by atoms with Crippen LogP contribution in [0.4, 0.5) is 4.79 Å². The van der Waals surface area contributed by atoms with Gasteiger partial charge in [-0.05, 0) is 46.0 Å². The number of carbonyl (C=O) groups is 2. The van der Waals surface area contributed by atoms with Crippen LogP contribution >= 0.6 is 0 Å². The Hall–Kier alpha value is -1.30. The van der Waals surface area contributed by atoms with Crippen molar-refractivity contribution in [3.8, 4) is 0 Å². The molecule has 6 heteroatoms. The average molecular weight is 299 g/mol. The number of piperidine rings is 1. The molecule has 2 aliphatic rings. The van der Waals surface area contributed by atoms with Gasteiger partial charge in [-0.3, -0.25) is 4.79 Å². The van der Waals surface area contributed by atoms with Gasteiger partial charge in [0.2, 0.25) is 0 Å². The quantitative estimate of drug-likeness (QED) is 0.846. The largest absolute Gasteiger partial charge is 0.481 e. The fraction of sp³-hybridized carbons (Fsp3) is 0.867. The molecule has 6 nitrogen and oxygen atoms in total. The number of aliphatic carboxylic acids is 1. The van der Waals surface area contributed by atoms with Crippen LogP contribution < -0.4 is 0 Å². The van der Waals surface area contributed by atoms with Crippen molar-refractivity contribution in [1.82, 2.24) is 4.90 Å². The maximum atomic E-state index is 12.2. The highest BCUT2D eigenvalue weighted by atomic mass is 16.6. The molecule has 2 aliphatic heterocycles. The van der Waals surface area contributed by atoms with Gasteiger partial charge in [0.15, 0.2) is 0 Å². The highest BCUT2D eigenvalue weighted by Gasteiger charge is 2.45. The van der Waals surface area contributed by atoms with Crippen molar-refractivity contribution < 1.29 is 24.2 Å². The lowest BCUT2D eigenvalue weighted by molar-refractivity contribution is -0.138. The Labute approximate surface area is 125 Å². The minimum atomic E-state index is -0.791. The molecule has 0 aromatic heterocycles. The zero-order valence-corrected chi connectivity index (χ0v) is 13.1. The van der Waals surface area contributed by atoms with Crippen LogP contribution in [0.25, 0.3) is 0 Å². The molecule has 0 unspecified atom stereocenters. The molecular weight excluding hydrogens is 274 g/mol. The van der Waals surface area contributed by atoms with Crippen molar-refractivity contribution in [2.45, 2.75) is 57.7 Å². The fourth-order valence-electron chi connectivity index (χ4n) is 3.18. The summed E-state index contributed by atoms with van der Waals surface area (Å²) in [6.07, 6.45) is 2.26. The molecule has 2 saturated heterocycles. The van der Waals surface area contributed by atoms with E-state index in [9.17, 15) is 9.59 Å². The van der Waals surface area contributed by atoms with E-state index in [-0.39, 0.29) is 24.0 Å². The molecule has 0 aliphatic carbocycles. The van der Waals surface area contributed by atoms with Gasteiger partial charge in [-0.2, -0.15) is 0 Å². The first kappa shape index (κ1) is 16.1. The maximum absolute atomic E-state index is 12.2. The van der Waals surface area contributed by atoms with Gasteiger partial charge >= 0.3 is 12.1 Å². The summed E-state index contributed by atoms with van der Waals surface area (Å²) in [5, 5.41) is 8.89. The SMILES string of the molecule is CC(C)(C)OC(=O)N1CCC[C@]2(C[C@@H](CC(=O)O)CO2)C1. The number of likely N-dealkylation sites (tertiary alicyclic amines) is 1. The lowest BCUT2D eigenvalue weighted by Crippen LogP contribution is -2.51. The van der Waals surface area contributed by atoms with E-state index in [0.29, 0.717) is 26.1 Å². The normalized spacial score (nSPS) is 29.7. The summed E-state index contributed by atoms with van der Waals surface area (Å²) < 4.78 is 11.3. The Balaban J connectivity index is 1.95. The third-order valence-electron chi connectivity index (χ3n) is 3.94. The summed E-state index contributed by atoms with van der Waals surface area (Å²) in [4.78, 5) is 24.7. The highest BCUT2D eigenvalue weighted by Crippen LogP contribution is 2.38. The zero-order chi connectivity index (χ0) is 15.7. The second kappa shape index (κ2) is 5.83. The summed E-state index contributed by atoms with van der Waals surface area (Å²) in [6.45, 7) is 7.18. The summed E-state index contributed by atoms with van der Waals surface area (Å²) in [7, 11) is 0. The lowest BCUT2D eigenvalue weighted by Gasteiger charge is -2.40. The molecule has 1 N–H and O–H groups in total. The first-order chi connectivity index (χ1) is 9.69. The number of carboxylic acids is 1. The van der Waals surface area contributed by atoms with Crippen LogP contribution in [0.3, 0.4) is 0 Å². The van der Waals surface area contributed by atoms with Crippen LogP contribution in [-0.2, 0) is 14.3 Å². The van der Waals surface area contributed by atoms with Crippen LogP contribution in [0, 0.1) is 5.92 Å². The summed E-state index contributed by atoms with van der Waals surface area (Å²) in [5.74, 6) is -0.749. The smallest absolute Gasteiger partial charge is 0.410 e. The predicted molar refractivity (Wildman–Crippen MR) is 76.1 cm³/mol. The van der Waals surface area contributed by atoms with E-state index < -0.39 is 11.6 Å². The Bertz CT molecular complexity index is 417. The van der Waals surface area contributed by atoms with Crippen LogP contribution in [0.15, 0.2) is 0 Å². The number of carboxylic acid groups (broad SMARTS) is 1. The molecule has 0 aromatic carbocycles. The third-order valence-corrected chi connectivity index (χ3v) is 3.94. The Morgan fingerprint density at radius 2 is 2.14 bits per heavy atom. The maximum Gasteiger partial charge on any atom is 0.410 e. The van der Waals surface area contributed by atoms with E-state index in [4.69, 9.17) is 14.6 Å². The van der Waals surface area contributed by atoms with Crippen molar-refractivity contribution in [1.29, 1.82) is 0 Å². The number of nitrogens with zero attached hydrogens (tertiary/aromatic N) is 1. The number of rotatable bonds is 2. The molecule has 2 atom stereocenters. The van der Waals surface area contributed by atoms with Gasteiger partial charge in [0.1, 0.15) is 5.60 Å². The van der Waals surface area contributed by atoms with Crippen molar-refractivity contribution >= 4 is 12.1 Å².